The molecule has 1 saturated heterocycles. The Hall–Kier alpha value is -3.40. The van der Waals surface area contributed by atoms with Crippen LogP contribution in [-0.2, 0) is 32.6 Å². The highest BCUT2D eigenvalue weighted by Crippen LogP contribution is 2.36. The van der Waals surface area contributed by atoms with Crippen LogP contribution in [0, 0.1) is 0 Å². The largest absolute Gasteiger partial charge is 0.476 e. The monoisotopic (exact) mass is 507 g/mol. The van der Waals surface area contributed by atoms with Crippen molar-refractivity contribution in [1.29, 1.82) is 0 Å². The second kappa shape index (κ2) is 10.7. The van der Waals surface area contributed by atoms with Crippen LogP contribution >= 0.6 is 0 Å². The van der Waals surface area contributed by atoms with Crippen molar-refractivity contribution >= 4 is 21.6 Å². The van der Waals surface area contributed by atoms with E-state index in [4.69, 9.17) is 9.47 Å². The number of rotatable bonds is 7. The fraction of sp³-hybridized carbons (Fsp3) is 0.296. The first kappa shape index (κ1) is 24.3. The minimum atomic E-state index is -3.87. The van der Waals surface area contributed by atoms with Crippen LogP contribution in [0.25, 0.3) is 0 Å². The molecule has 3 aromatic carbocycles. The van der Waals surface area contributed by atoms with Gasteiger partial charge in [0.1, 0.15) is 5.75 Å². The van der Waals surface area contributed by atoms with Crippen LogP contribution in [0.1, 0.15) is 11.1 Å². The number of carbonyl (C=O) groups excluding carboxylic acids is 1. The molecule has 36 heavy (non-hydrogen) atoms. The van der Waals surface area contributed by atoms with E-state index in [9.17, 15) is 13.2 Å². The van der Waals surface area contributed by atoms with E-state index in [1.54, 1.807) is 54.6 Å². The fourth-order valence-electron chi connectivity index (χ4n) is 4.44. The summed E-state index contributed by atoms with van der Waals surface area (Å²) in [5.74, 6) is -0.00717. The molecule has 2 heterocycles. The summed E-state index contributed by atoms with van der Waals surface area (Å²) >= 11 is 0. The zero-order chi connectivity index (χ0) is 25.0. The van der Waals surface area contributed by atoms with E-state index < -0.39 is 16.1 Å². The minimum Gasteiger partial charge on any atom is -0.476 e. The first-order valence-electron chi connectivity index (χ1n) is 12.0. The summed E-state index contributed by atoms with van der Waals surface area (Å²) in [5, 5.41) is 2.92. The summed E-state index contributed by atoms with van der Waals surface area (Å²) in [6.45, 7) is 4.35. The summed E-state index contributed by atoms with van der Waals surface area (Å²) in [6.07, 6.45) is -0.977. The van der Waals surface area contributed by atoms with Crippen LogP contribution in [-0.4, -0.2) is 58.2 Å². The van der Waals surface area contributed by atoms with Gasteiger partial charge >= 0.3 is 0 Å². The smallest absolute Gasteiger partial charge is 0.264 e. The summed E-state index contributed by atoms with van der Waals surface area (Å²) in [6, 6.07) is 23.2. The second-order valence-electron chi connectivity index (χ2n) is 8.85. The number of benzene rings is 3. The summed E-state index contributed by atoms with van der Waals surface area (Å²) in [7, 11) is -3.87. The Morgan fingerprint density at radius 3 is 2.44 bits per heavy atom. The van der Waals surface area contributed by atoms with E-state index in [1.165, 1.54) is 9.87 Å². The fourth-order valence-corrected chi connectivity index (χ4v) is 5.94. The van der Waals surface area contributed by atoms with E-state index in [-0.39, 0.29) is 17.3 Å². The van der Waals surface area contributed by atoms with Crippen molar-refractivity contribution in [3.63, 3.8) is 0 Å². The zero-order valence-corrected chi connectivity index (χ0v) is 20.7. The first-order valence-corrected chi connectivity index (χ1v) is 13.4. The van der Waals surface area contributed by atoms with Crippen LogP contribution in [0.2, 0.25) is 0 Å². The number of sulfonamides is 1. The van der Waals surface area contributed by atoms with Crippen LogP contribution in [0.3, 0.4) is 0 Å². The number of nitrogens with one attached hydrogen (secondary N) is 1. The molecule has 0 radical (unpaired) electrons. The molecule has 5 rings (SSSR count). The maximum absolute atomic E-state index is 13.4. The van der Waals surface area contributed by atoms with E-state index >= 15 is 0 Å². The lowest BCUT2D eigenvalue weighted by molar-refractivity contribution is -0.127. The second-order valence-corrected chi connectivity index (χ2v) is 10.7. The van der Waals surface area contributed by atoms with Crippen molar-refractivity contribution in [2.45, 2.75) is 24.1 Å². The normalized spacial score (nSPS) is 18.2. The highest BCUT2D eigenvalue weighted by atomic mass is 32.2. The SMILES string of the molecule is O=C(NCc1cccc(CN2CCOCC2)c1)[C@@H]1CN(S(=O)(=O)c2ccccc2)c2ccccc2O1. The number of amides is 1. The van der Waals surface area contributed by atoms with Gasteiger partial charge in [-0.15, -0.1) is 0 Å². The summed E-state index contributed by atoms with van der Waals surface area (Å²) in [5.41, 5.74) is 2.56. The van der Waals surface area contributed by atoms with Gasteiger partial charge in [0.05, 0.1) is 30.3 Å². The van der Waals surface area contributed by atoms with Gasteiger partial charge in [0, 0.05) is 26.2 Å². The molecule has 2 aliphatic rings. The van der Waals surface area contributed by atoms with E-state index in [1.807, 2.05) is 12.1 Å². The number of anilines is 1. The molecule has 1 fully saturated rings. The average molecular weight is 508 g/mol. The molecule has 9 heteroatoms. The molecular weight excluding hydrogens is 478 g/mol. The predicted molar refractivity (Wildman–Crippen MR) is 136 cm³/mol. The number of hydrogen-bond acceptors (Lipinski definition) is 6. The van der Waals surface area contributed by atoms with Gasteiger partial charge in [-0.1, -0.05) is 54.6 Å². The lowest BCUT2D eigenvalue weighted by Gasteiger charge is -2.34. The van der Waals surface area contributed by atoms with E-state index in [2.05, 4.69) is 22.3 Å². The standard InChI is InChI=1S/C27H29N3O5S/c31-27(28-18-21-7-6-8-22(17-21)19-29-13-15-34-16-14-29)26-20-30(24-11-4-5-12-25(24)35-26)36(32,33)23-9-2-1-3-10-23/h1-12,17,26H,13-16,18-20H2,(H,28,31)/t26-/m0/s1. The van der Waals surface area contributed by atoms with Crippen molar-refractivity contribution < 1.29 is 22.7 Å². The Kier molecular flexibility index (Phi) is 7.22. The first-order chi connectivity index (χ1) is 17.5. The number of nitrogens with zero attached hydrogens (tertiary/aromatic N) is 2. The molecule has 3 aromatic rings. The Morgan fingerprint density at radius 1 is 0.917 bits per heavy atom. The minimum absolute atomic E-state index is 0.114. The molecule has 1 N–H and O–H groups in total. The van der Waals surface area contributed by atoms with Crippen LogP contribution in [0.5, 0.6) is 5.75 Å². The molecule has 0 unspecified atom stereocenters. The Labute approximate surface area is 211 Å². The molecule has 8 nitrogen and oxygen atoms in total. The number of carbonyl (C=O) groups is 1. The Bertz CT molecular complexity index is 1310. The topological polar surface area (TPSA) is 88.2 Å². The molecule has 188 valence electrons. The molecule has 0 aromatic heterocycles. The Morgan fingerprint density at radius 2 is 1.64 bits per heavy atom. The molecular formula is C27H29N3O5S. The van der Waals surface area contributed by atoms with Gasteiger partial charge in [0.15, 0.2) is 6.10 Å². The van der Waals surface area contributed by atoms with Crippen LogP contribution in [0.4, 0.5) is 5.69 Å². The molecule has 2 aliphatic heterocycles. The molecule has 0 bridgehead atoms. The number of morpholine rings is 1. The summed E-state index contributed by atoms with van der Waals surface area (Å²) < 4.78 is 39.5. The number of para-hydroxylation sites is 2. The molecule has 0 aliphatic carbocycles. The van der Waals surface area contributed by atoms with Gasteiger partial charge in [0.2, 0.25) is 0 Å². The van der Waals surface area contributed by atoms with Gasteiger partial charge in [0.25, 0.3) is 15.9 Å². The predicted octanol–water partition coefficient (Wildman–Crippen LogP) is 2.79. The van der Waals surface area contributed by atoms with Crippen molar-refractivity contribution in [1.82, 2.24) is 10.2 Å². The number of ether oxygens (including phenoxy) is 2. The van der Waals surface area contributed by atoms with Crippen molar-refractivity contribution in [3.05, 3.63) is 90.0 Å². The van der Waals surface area contributed by atoms with Crippen molar-refractivity contribution in [2.75, 3.05) is 37.2 Å². The third kappa shape index (κ3) is 5.38. The third-order valence-corrected chi connectivity index (χ3v) is 8.12. The molecule has 0 saturated carbocycles. The van der Waals surface area contributed by atoms with E-state index in [0.29, 0.717) is 18.0 Å². The van der Waals surface area contributed by atoms with Crippen molar-refractivity contribution in [2.24, 2.45) is 0 Å². The number of hydrogen-bond donors (Lipinski definition) is 1. The number of fused-ring (bicyclic) bond motifs is 1. The quantitative estimate of drug-likeness (QED) is 0.529. The van der Waals surface area contributed by atoms with Crippen molar-refractivity contribution in [3.8, 4) is 5.75 Å². The van der Waals surface area contributed by atoms with Gasteiger partial charge in [-0.05, 0) is 35.4 Å². The third-order valence-electron chi connectivity index (χ3n) is 6.33. The molecule has 1 atom stereocenters. The van der Waals surface area contributed by atoms with Crippen LogP contribution < -0.4 is 14.4 Å². The molecule has 1 amide bonds. The van der Waals surface area contributed by atoms with Gasteiger partial charge in [-0.2, -0.15) is 0 Å². The van der Waals surface area contributed by atoms with Gasteiger partial charge < -0.3 is 14.8 Å². The van der Waals surface area contributed by atoms with Gasteiger partial charge in [-0.25, -0.2) is 8.42 Å². The highest BCUT2D eigenvalue weighted by Gasteiger charge is 2.37. The van der Waals surface area contributed by atoms with E-state index in [0.717, 1.165) is 38.4 Å². The summed E-state index contributed by atoms with van der Waals surface area (Å²) in [4.78, 5) is 15.6. The average Bonchev–Trinajstić information content (AvgIpc) is 2.92. The highest BCUT2D eigenvalue weighted by molar-refractivity contribution is 7.92. The maximum Gasteiger partial charge on any atom is 0.264 e. The molecule has 0 spiro atoms. The lowest BCUT2D eigenvalue weighted by atomic mass is 10.1. The zero-order valence-electron chi connectivity index (χ0n) is 19.9. The Balaban J connectivity index is 1.28. The lowest BCUT2D eigenvalue weighted by Crippen LogP contribution is -2.50. The maximum atomic E-state index is 13.4. The van der Waals surface area contributed by atoms with Crippen LogP contribution in [0.15, 0.2) is 83.8 Å². The van der Waals surface area contributed by atoms with Gasteiger partial charge in [-0.3, -0.25) is 14.0 Å².